The van der Waals surface area contributed by atoms with Crippen molar-refractivity contribution >= 4 is 0 Å². The molecule has 0 aromatic carbocycles. The van der Waals surface area contributed by atoms with Crippen LogP contribution in [0.5, 0.6) is 0 Å². The molecule has 2 aliphatic rings. The largest absolute Gasteiger partial charge is 0.393 e. The molecule has 2 aliphatic carbocycles. The lowest BCUT2D eigenvalue weighted by atomic mass is 9.88. The highest BCUT2D eigenvalue weighted by Crippen LogP contribution is 2.47. The number of fused-ring (bicyclic) bond motifs is 2. The Hall–Kier alpha value is -0.0400. The van der Waals surface area contributed by atoms with E-state index >= 15 is 0 Å². The lowest BCUT2D eigenvalue weighted by Crippen LogP contribution is -2.24. The SMILES string of the molecule is C[C@@H]1C2CCC(C2)[C@@H]1O. The molecule has 0 spiro atoms. The summed E-state index contributed by atoms with van der Waals surface area (Å²) in [5.41, 5.74) is 0. The minimum Gasteiger partial charge on any atom is -0.393 e. The molecule has 1 N–H and O–H groups in total. The minimum atomic E-state index is 0.0451. The molecule has 9 heavy (non-hydrogen) atoms. The zero-order chi connectivity index (χ0) is 6.43. The average Bonchev–Trinajstić information content (AvgIpc) is 2.37. The highest BCUT2D eigenvalue weighted by molar-refractivity contribution is 4.94. The Bertz CT molecular complexity index is 104. The van der Waals surface area contributed by atoms with Crippen molar-refractivity contribution < 1.29 is 5.11 Å². The smallest absolute Gasteiger partial charge is 0.0596 e. The van der Waals surface area contributed by atoms with E-state index in [1.54, 1.807) is 0 Å². The summed E-state index contributed by atoms with van der Waals surface area (Å²) in [5.74, 6) is 2.14. The number of aliphatic hydroxyl groups is 1. The van der Waals surface area contributed by atoms with Gasteiger partial charge >= 0.3 is 0 Å². The summed E-state index contributed by atoms with van der Waals surface area (Å²) >= 11 is 0. The summed E-state index contributed by atoms with van der Waals surface area (Å²) in [5, 5.41) is 9.49. The van der Waals surface area contributed by atoms with Crippen molar-refractivity contribution in [3.8, 4) is 0 Å². The maximum absolute atomic E-state index is 9.49. The second kappa shape index (κ2) is 1.72. The molecule has 2 unspecified atom stereocenters. The Morgan fingerprint density at radius 2 is 1.89 bits per heavy atom. The van der Waals surface area contributed by atoms with Crippen LogP contribution in [0.2, 0.25) is 0 Å². The van der Waals surface area contributed by atoms with Crippen LogP contribution in [-0.2, 0) is 0 Å². The topological polar surface area (TPSA) is 20.2 Å². The maximum atomic E-state index is 9.49. The van der Waals surface area contributed by atoms with E-state index in [0.717, 1.165) is 5.92 Å². The van der Waals surface area contributed by atoms with Crippen LogP contribution in [0, 0.1) is 17.8 Å². The molecule has 0 amide bonds. The van der Waals surface area contributed by atoms with Gasteiger partial charge in [-0.25, -0.2) is 0 Å². The molecule has 0 aromatic rings. The molecule has 2 rings (SSSR count). The Kier molecular flexibility index (Phi) is 1.10. The fourth-order valence-electron chi connectivity index (χ4n) is 2.55. The third-order valence-corrected chi connectivity index (χ3v) is 3.28. The molecule has 0 aliphatic heterocycles. The van der Waals surface area contributed by atoms with Gasteiger partial charge in [0.25, 0.3) is 0 Å². The zero-order valence-electron chi connectivity index (χ0n) is 5.88. The van der Waals surface area contributed by atoms with E-state index in [4.69, 9.17) is 0 Å². The Morgan fingerprint density at radius 3 is 2.22 bits per heavy atom. The summed E-state index contributed by atoms with van der Waals surface area (Å²) < 4.78 is 0. The van der Waals surface area contributed by atoms with Gasteiger partial charge < -0.3 is 5.11 Å². The Morgan fingerprint density at radius 1 is 1.22 bits per heavy atom. The second-order valence-corrected chi connectivity index (χ2v) is 3.68. The van der Waals surface area contributed by atoms with Crippen LogP contribution >= 0.6 is 0 Å². The summed E-state index contributed by atoms with van der Waals surface area (Å²) in [7, 11) is 0. The van der Waals surface area contributed by atoms with Crippen LogP contribution in [0.3, 0.4) is 0 Å². The van der Waals surface area contributed by atoms with Gasteiger partial charge in [-0.15, -0.1) is 0 Å². The third-order valence-electron chi connectivity index (χ3n) is 3.28. The third kappa shape index (κ3) is 0.644. The van der Waals surface area contributed by atoms with E-state index in [9.17, 15) is 5.11 Å². The van der Waals surface area contributed by atoms with Crippen molar-refractivity contribution in [3.63, 3.8) is 0 Å². The predicted octanol–water partition coefficient (Wildman–Crippen LogP) is 1.41. The van der Waals surface area contributed by atoms with Gasteiger partial charge in [0.15, 0.2) is 0 Å². The standard InChI is InChI=1S/C8H14O/c1-5-6-2-3-7(4-6)8(5)9/h5-9H,2-4H2,1H3/t5-,6?,7?,8-/m1/s1. The van der Waals surface area contributed by atoms with Gasteiger partial charge in [0, 0.05) is 0 Å². The summed E-state index contributed by atoms with van der Waals surface area (Å²) in [6.07, 6.45) is 4.02. The first-order chi connectivity index (χ1) is 4.29. The molecule has 1 nitrogen and oxygen atoms in total. The van der Waals surface area contributed by atoms with E-state index in [1.165, 1.54) is 19.3 Å². The molecule has 2 bridgehead atoms. The van der Waals surface area contributed by atoms with Gasteiger partial charge in [-0.1, -0.05) is 6.92 Å². The van der Waals surface area contributed by atoms with Gasteiger partial charge in [0.1, 0.15) is 0 Å². The number of hydrogen-bond acceptors (Lipinski definition) is 1. The molecule has 0 radical (unpaired) electrons. The van der Waals surface area contributed by atoms with Gasteiger partial charge in [-0.2, -0.15) is 0 Å². The van der Waals surface area contributed by atoms with Crippen LogP contribution in [0.25, 0.3) is 0 Å². The number of hydrogen-bond donors (Lipinski definition) is 1. The molecule has 1 heteroatoms. The van der Waals surface area contributed by atoms with Gasteiger partial charge in [-0.3, -0.25) is 0 Å². The highest BCUT2D eigenvalue weighted by atomic mass is 16.3. The van der Waals surface area contributed by atoms with E-state index < -0.39 is 0 Å². The van der Waals surface area contributed by atoms with Gasteiger partial charge in [0.2, 0.25) is 0 Å². The lowest BCUT2D eigenvalue weighted by Gasteiger charge is -2.22. The molecule has 2 saturated carbocycles. The van der Waals surface area contributed by atoms with E-state index in [1.807, 2.05) is 0 Å². The molecule has 0 saturated heterocycles. The molecular weight excluding hydrogens is 112 g/mol. The van der Waals surface area contributed by atoms with Crippen LogP contribution in [-0.4, -0.2) is 11.2 Å². The molecule has 52 valence electrons. The van der Waals surface area contributed by atoms with Crippen LogP contribution in [0.4, 0.5) is 0 Å². The van der Waals surface area contributed by atoms with Crippen molar-refractivity contribution in [2.45, 2.75) is 32.3 Å². The number of rotatable bonds is 0. The Balaban J connectivity index is 2.15. The van der Waals surface area contributed by atoms with E-state index in [2.05, 4.69) is 6.92 Å². The quantitative estimate of drug-likeness (QED) is 0.520. The van der Waals surface area contributed by atoms with Crippen molar-refractivity contribution in [2.75, 3.05) is 0 Å². The zero-order valence-corrected chi connectivity index (χ0v) is 5.88. The van der Waals surface area contributed by atoms with Crippen LogP contribution < -0.4 is 0 Å². The monoisotopic (exact) mass is 126 g/mol. The normalized spacial score (nSPS) is 56.7. The maximum Gasteiger partial charge on any atom is 0.0596 e. The van der Waals surface area contributed by atoms with Gasteiger partial charge in [0.05, 0.1) is 6.10 Å². The fourth-order valence-corrected chi connectivity index (χ4v) is 2.55. The Labute approximate surface area is 56.1 Å². The molecule has 4 atom stereocenters. The van der Waals surface area contributed by atoms with E-state index in [-0.39, 0.29) is 6.10 Å². The molecule has 2 fully saturated rings. The highest BCUT2D eigenvalue weighted by Gasteiger charge is 2.43. The van der Waals surface area contributed by atoms with Crippen LogP contribution in [0.1, 0.15) is 26.2 Å². The van der Waals surface area contributed by atoms with Crippen molar-refractivity contribution in [1.82, 2.24) is 0 Å². The second-order valence-electron chi connectivity index (χ2n) is 3.68. The summed E-state index contributed by atoms with van der Waals surface area (Å²) in [6, 6.07) is 0. The van der Waals surface area contributed by atoms with Crippen LogP contribution in [0.15, 0.2) is 0 Å². The van der Waals surface area contributed by atoms with Crippen molar-refractivity contribution in [2.24, 2.45) is 17.8 Å². The molecular formula is C8H14O. The lowest BCUT2D eigenvalue weighted by molar-refractivity contribution is 0.0677. The van der Waals surface area contributed by atoms with Crippen molar-refractivity contribution in [3.05, 3.63) is 0 Å². The fraction of sp³-hybridized carbons (Fsp3) is 1.00. The van der Waals surface area contributed by atoms with E-state index in [0.29, 0.717) is 11.8 Å². The van der Waals surface area contributed by atoms with Gasteiger partial charge in [-0.05, 0) is 37.0 Å². The first-order valence-electron chi connectivity index (χ1n) is 3.97. The summed E-state index contributed by atoms with van der Waals surface area (Å²) in [6.45, 7) is 2.19. The first-order valence-corrected chi connectivity index (χ1v) is 3.97. The number of aliphatic hydroxyl groups excluding tert-OH is 1. The summed E-state index contributed by atoms with van der Waals surface area (Å²) in [4.78, 5) is 0. The molecule has 0 aromatic heterocycles. The minimum absolute atomic E-state index is 0.0451. The van der Waals surface area contributed by atoms with Crippen molar-refractivity contribution in [1.29, 1.82) is 0 Å². The first kappa shape index (κ1) is 5.72. The average molecular weight is 126 g/mol. The molecule has 0 heterocycles. The predicted molar refractivity (Wildman–Crippen MR) is 36.0 cm³/mol.